The summed E-state index contributed by atoms with van der Waals surface area (Å²) in [5.74, 6) is 0.631. The topological polar surface area (TPSA) is 68.3 Å². The smallest absolute Gasteiger partial charge is 0.230 e. The fourth-order valence-electron chi connectivity index (χ4n) is 2.59. The first kappa shape index (κ1) is 18.8. The summed E-state index contributed by atoms with van der Waals surface area (Å²) in [5.41, 5.74) is 2.90. The number of carbonyl (C=O) groups excluding carboxylic acids is 2. The number of ether oxygens (including phenoxy) is 1. The lowest BCUT2D eigenvalue weighted by molar-refractivity contribution is -0.115. The summed E-state index contributed by atoms with van der Waals surface area (Å²) in [5, 5.41) is 5.54. The Hall–Kier alpha value is -2.99. The van der Waals surface area contributed by atoms with Gasteiger partial charge in [-0.15, -0.1) is 11.3 Å². The summed E-state index contributed by atoms with van der Waals surface area (Å²) in [7, 11) is 0. The number of amides is 1. The van der Waals surface area contributed by atoms with Crippen LogP contribution in [0.25, 0.3) is 10.6 Å². The number of carbonyl (C=O) groups is 2. The molecule has 2 aromatic carbocycles. The van der Waals surface area contributed by atoms with E-state index in [0.29, 0.717) is 23.6 Å². The third-order valence-corrected chi connectivity index (χ3v) is 4.81. The maximum absolute atomic E-state index is 12.3. The summed E-state index contributed by atoms with van der Waals surface area (Å²) in [4.78, 5) is 28.2. The minimum Gasteiger partial charge on any atom is -0.493 e. The predicted octanol–water partition coefficient (Wildman–Crippen LogP) is 4.59. The molecule has 0 radical (unpaired) electrons. The van der Waals surface area contributed by atoms with Crippen molar-refractivity contribution in [2.45, 2.75) is 20.3 Å². The number of anilines is 1. The Morgan fingerprint density at radius 3 is 2.56 bits per heavy atom. The zero-order chi connectivity index (χ0) is 19.2. The summed E-state index contributed by atoms with van der Waals surface area (Å²) in [6.07, 6.45) is 0.182. The Bertz CT molecular complexity index is 948. The molecule has 1 amide bonds. The van der Waals surface area contributed by atoms with Crippen LogP contribution in [0.3, 0.4) is 0 Å². The highest BCUT2D eigenvalue weighted by Gasteiger charge is 2.12. The van der Waals surface area contributed by atoms with Gasteiger partial charge in [-0.2, -0.15) is 0 Å². The van der Waals surface area contributed by atoms with Crippen LogP contribution in [0.2, 0.25) is 0 Å². The second-order valence-corrected chi connectivity index (χ2v) is 6.79. The molecular formula is C21H20N2O3S. The molecule has 3 aromatic rings. The zero-order valence-corrected chi connectivity index (χ0v) is 16.0. The second-order valence-electron chi connectivity index (χ2n) is 5.93. The van der Waals surface area contributed by atoms with Gasteiger partial charge >= 0.3 is 0 Å². The van der Waals surface area contributed by atoms with Gasteiger partial charge in [-0.05, 0) is 50.2 Å². The molecule has 3 rings (SSSR count). The van der Waals surface area contributed by atoms with Crippen LogP contribution in [0, 0.1) is 0 Å². The second kappa shape index (κ2) is 8.60. The predicted molar refractivity (Wildman–Crippen MR) is 107 cm³/mol. The van der Waals surface area contributed by atoms with E-state index < -0.39 is 0 Å². The summed E-state index contributed by atoms with van der Waals surface area (Å²) in [6, 6.07) is 14.6. The fraction of sp³-hybridized carbons (Fsp3) is 0.190. The third-order valence-electron chi connectivity index (χ3n) is 3.89. The lowest BCUT2D eigenvalue weighted by Gasteiger charge is -2.07. The van der Waals surface area contributed by atoms with Crippen molar-refractivity contribution in [3.05, 3.63) is 65.2 Å². The molecule has 1 aromatic heterocycles. The number of hydrogen-bond donors (Lipinski definition) is 1. The SMILES string of the molecule is CCOc1ccccc1-c1nc(CC(=O)Nc2ccc(C(C)=O)cc2)cs1. The Labute approximate surface area is 162 Å². The Morgan fingerprint density at radius 2 is 1.85 bits per heavy atom. The summed E-state index contributed by atoms with van der Waals surface area (Å²) in [6.45, 7) is 4.04. The van der Waals surface area contributed by atoms with Crippen molar-refractivity contribution in [1.82, 2.24) is 4.98 Å². The van der Waals surface area contributed by atoms with Crippen LogP contribution >= 0.6 is 11.3 Å². The van der Waals surface area contributed by atoms with Gasteiger partial charge in [0, 0.05) is 16.6 Å². The number of benzene rings is 2. The third kappa shape index (κ3) is 4.80. The number of para-hydroxylation sites is 1. The molecule has 5 nitrogen and oxygen atoms in total. The molecule has 0 bridgehead atoms. The number of ketones is 1. The van der Waals surface area contributed by atoms with Crippen LogP contribution in [0.4, 0.5) is 5.69 Å². The summed E-state index contributed by atoms with van der Waals surface area (Å²) >= 11 is 1.49. The molecule has 6 heteroatoms. The number of hydrogen-bond acceptors (Lipinski definition) is 5. The maximum atomic E-state index is 12.3. The molecule has 27 heavy (non-hydrogen) atoms. The molecule has 1 heterocycles. The van der Waals surface area contributed by atoms with E-state index >= 15 is 0 Å². The fourth-order valence-corrected chi connectivity index (χ4v) is 3.44. The minimum atomic E-state index is -0.152. The normalized spacial score (nSPS) is 10.4. The Kier molecular flexibility index (Phi) is 5.98. The van der Waals surface area contributed by atoms with Gasteiger partial charge in [0.1, 0.15) is 10.8 Å². The van der Waals surface area contributed by atoms with Gasteiger partial charge in [0.15, 0.2) is 5.78 Å². The average molecular weight is 380 g/mol. The van der Waals surface area contributed by atoms with Gasteiger partial charge in [-0.1, -0.05) is 12.1 Å². The number of nitrogens with one attached hydrogen (secondary N) is 1. The van der Waals surface area contributed by atoms with Crippen molar-refractivity contribution in [2.24, 2.45) is 0 Å². The monoisotopic (exact) mass is 380 g/mol. The van der Waals surface area contributed by atoms with Crippen molar-refractivity contribution < 1.29 is 14.3 Å². The van der Waals surface area contributed by atoms with Crippen molar-refractivity contribution in [3.8, 4) is 16.3 Å². The van der Waals surface area contributed by atoms with E-state index in [4.69, 9.17) is 4.74 Å². The van der Waals surface area contributed by atoms with E-state index in [1.807, 2.05) is 36.6 Å². The standard InChI is InChI=1S/C21H20N2O3S/c1-3-26-19-7-5-4-6-18(19)21-23-17(13-27-21)12-20(25)22-16-10-8-15(9-11-16)14(2)24/h4-11,13H,3,12H2,1-2H3,(H,22,25). The molecule has 0 saturated heterocycles. The van der Waals surface area contributed by atoms with Crippen LogP contribution in [0.1, 0.15) is 29.9 Å². The van der Waals surface area contributed by atoms with Crippen LogP contribution in [0.15, 0.2) is 53.9 Å². The van der Waals surface area contributed by atoms with Gasteiger partial charge in [0.05, 0.1) is 24.3 Å². The number of nitrogens with zero attached hydrogens (tertiary/aromatic N) is 1. The zero-order valence-electron chi connectivity index (χ0n) is 15.2. The molecule has 0 unspecified atom stereocenters. The molecule has 0 fully saturated rings. The first-order valence-electron chi connectivity index (χ1n) is 8.64. The number of aromatic nitrogens is 1. The highest BCUT2D eigenvalue weighted by molar-refractivity contribution is 7.13. The van der Waals surface area contributed by atoms with Gasteiger partial charge < -0.3 is 10.1 Å². The maximum Gasteiger partial charge on any atom is 0.230 e. The highest BCUT2D eigenvalue weighted by atomic mass is 32.1. The van der Waals surface area contributed by atoms with E-state index in [2.05, 4.69) is 10.3 Å². The molecular weight excluding hydrogens is 360 g/mol. The van der Waals surface area contributed by atoms with Gasteiger partial charge in [0.25, 0.3) is 0 Å². The quantitative estimate of drug-likeness (QED) is 0.609. The molecule has 0 atom stereocenters. The molecule has 1 N–H and O–H groups in total. The summed E-state index contributed by atoms with van der Waals surface area (Å²) < 4.78 is 5.65. The molecule has 0 spiro atoms. The van der Waals surface area contributed by atoms with E-state index in [0.717, 1.165) is 16.3 Å². The van der Waals surface area contributed by atoms with Crippen molar-refractivity contribution in [1.29, 1.82) is 0 Å². The van der Waals surface area contributed by atoms with Gasteiger partial charge in [-0.25, -0.2) is 4.98 Å². The van der Waals surface area contributed by atoms with Crippen LogP contribution < -0.4 is 10.1 Å². The van der Waals surface area contributed by atoms with Crippen molar-refractivity contribution in [2.75, 3.05) is 11.9 Å². The van der Waals surface area contributed by atoms with Crippen LogP contribution in [0.5, 0.6) is 5.75 Å². The lowest BCUT2D eigenvalue weighted by Crippen LogP contribution is -2.14. The van der Waals surface area contributed by atoms with E-state index in [9.17, 15) is 9.59 Å². The Balaban J connectivity index is 1.67. The van der Waals surface area contributed by atoms with Crippen molar-refractivity contribution >= 4 is 28.7 Å². The number of rotatable bonds is 7. The van der Waals surface area contributed by atoms with Crippen LogP contribution in [-0.4, -0.2) is 23.3 Å². The first-order chi connectivity index (χ1) is 13.1. The molecule has 138 valence electrons. The number of Topliss-reactive ketones (excluding diaryl/α,β-unsaturated/α-hetero) is 1. The van der Waals surface area contributed by atoms with Gasteiger partial charge in [-0.3, -0.25) is 9.59 Å². The minimum absolute atomic E-state index is 0.00443. The largest absolute Gasteiger partial charge is 0.493 e. The van der Waals surface area contributed by atoms with Gasteiger partial charge in [0.2, 0.25) is 5.91 Å². The molecule has 0 aliphatic rings. The number of thiazole rings is 1. The van der Waals surface area contributed by atoms with E-state index in [1.54, 1.807) is 24.3 Å². The highest BCUT2D eigenvalue weighted by Crippen LogP contribution is 2.32. The first-order valence-corrected chi connectivity index (χ1v) is 9.52. The average Bonchev–Trinajstić information content (AvgIpc) is 3.11. The van der Waals surface area contributed by atoms with Crippen molar-refractivity contribution in [3.63, 3.8) is 0 Å². The van der Waals surface area contributed by atoms with E-state index in [-0.39, 0.29) is 18.1 Å². The molecule has 0 aliphatic carbocycles. The Morgan fingerprint density at radius 1 is 1.11 bits per heavy atom. The molecule has 0 saturated carbocycles. The van der Waals surface area contributed by atoms with E-state index in [1.165, 1.54) is 18.3 Å². The molecule has 0 aliphatic heterocycles. The van der Waals surface area contributed by atoms with Crippen LogP contribution in [-0.2, 0) is 11.2 Å². The lowest BCUT2D eigenvalue weighted by atomic mass is 10.1.